The summed E-state index contributed by atoms with van der Waals surface area (Å²) in [7, 11) is 0. The zero-order valence-electron chi connectivity index (χ0n) is 10.3. The second-order valence-electron chi connectivity index (χ2n) is 4.57. The van der Waals surface area contributed by atoms with Crippen molar-refractivity contribution in [3.05, 3.63) is 23.8 Å². The van der Waals surface area contributed by atoms with Gasteiger partial charge in [-0.3, -0.25) is 4.79 Å². The molecular formula is C13H16N2O4. The molecule has 1 amide bonds. The molecule has 0 unspecified atom stereocenters. The molecule has 1 fully saturated rings. The number of hydrogen-bond donors (Lipinski definition) is 4. The number of piperidine rings is 1. The van der Waals surface area contributed by atoms with E-state index >= 15 is 0 Å². The molecule has 0 bridgehead atoms. The van der Waals surface area contributed by atoms with Crippen LogP contribution < -0.4 is 10.6 Å². The maximum absolute atomic E-state index is 12.0. The lowest BCUT2D eigenvalue weighted by Crippen LogP contribution is -2.37. The van der Waals surface area contributed by atoms with Crippen LogP contribution in [-0.4, -0.2) is 35.2 Å². The van der Waals surface area contributed by atoms with Crippen LogP contribution in [0.3, 0.4) is 0 Å². The van der Waals surface area contributed by atoms with Gasteiger partial charge in [0.05, 0.1) is 17.2 Å². The molecule has 0 spiro atoms. The van der Waals surface area contributed by atoms with Crippen molar-refractivity contribution in [2.75, 3.05) is 18.4 Å². The molecule has 6 nitrogen and oxygen atoms in total. The average Bonchev–Trinajstić information content (AvgIpc) is 2.42. The van der Waals surface area contributed by atoms with Crippen LogP contribution in [0.15, 0.2) is 18.2 Å². The first-order valence-corrected chi connectivity index (χ1v) is 6.16. The summed E-state index contributed by atoms with van der Waals surface area (Å²) in [5.74, 6) is -1.59. The van der Waals surface area contributed by atoms with Crippen molar-refractivity contribution in [3.63, 3.8) is 0 Å². The average molecular weight is 264 g/mol. The van der Waals surface area contributed by atoms with E-state index in [0.717, 1.165) is 19.4 Å². The van der Waals surface area contributed by atoms with Crippen molar-refractivity contribution in [2.45, 2.75) is 12.8 Å². The third-order valence-electron chi connectivity index (χ3n) is 3.17. The van der Waals surface area contributed by atoms with Gasteiger partial charge in [0.15, 0.2) is 0 Å². The fourth-order valence-corrected chi connectivity index (χ4v) is 2.08. The number of aromatic carboxylic acids is 1. The maximum Gasteiger partial charge on any atom is 0.335 e. The number of phenols is 1. The number of carboxylic acid groups (broad SMARTS) is 1. The Balaban J connectivity index is 2.11. The van der Waals surface area contributed by atoms with Gasteiger partial charge in [0.25, 0.3) is 0 Å². The molecule has 1 saturated heterocycles. The van der Waals surface area contributed by atoms with Gasteiger partial charge in [0.2, 0.25) is 5.91 Å². The number of anilines is 1. The van der Waals surface area contributed by atoms with Crippen LogP contribution in [0.2, 0.25) is 0 Å². The number of aromatic hydroxyl groups is 1. The minimum absolute atomic E-state index is 0.0230. The minimum atomic E-state index is -1.10. The molecular weight excluding hydrogens is 248 g/mol. The molecule has 2 rings (SSSR count). The van der Waals surface area contributed by atoms with E-state index in [1.54, 1.807) is 0 Å². The topological polar surface area (TPSA) is 98.7 Å². The number of rotatable bonds is 3. The van der Waals surface area contributed by atoms with Crippen molar-refractivity contribution in [1.29, 1.82) is 0 Å². The van der Waals surface area contributed by atoms with Crippen LogP contribution in [0, 0.1) is 5.92 Å². The molecule has 1 heterocycles. The summed E-state index contributed by atoms with van der Waals surface area (Å²) in [6, 6.07) is 3.81. The fourth-order valence-electron chi connectivity index (χ4n) is 2.08. The van der Waals surface area contributed by atoms with E-state index in [1.165, 1.54) is 18.2 Å². The van der Waals surface area contributed by atoms with Crippen molar-refractivity contribution in [1.82, 2.24) is 5.32 Å². The monoisotopic (exact) mass is 264 g/mol. The highest BCUT2D eigenvalue weighted by Gasteiger charge is 2.22. The third kappa shape index (κ3) is 3.23. The van der Waals surface area contributed by atoms with E-state index in [4.69, 9.17) is 5.11 Å². The molecule has 1 aliphatic rings. The summed E-state index contributed by atoms with van der Waals surface area (Å²) in [5.41, 5.74) is 0.158. The van der Waals surface area contributed by atoms with Crippen LogP contribution >= 0.6 is 0 Å². The summed E-state index contributed by atoms with van der Waals surface area (Å²) in [4.78, 5) is 22.8. The summed E-state index contributed by atoms with van der Waals surface area (Å²) in [6.07, 6.45) is 1.72. The molecule has 1 aliphatic heterocycles. The largest absolute Gasteiger partial charge is 0.506 e. The second-order valence-corrected chi connectivity index (χ2v) is 4.57. The number of benzene rings is 1. The first-order chi connectivity index (χ1) is 9.08. The van der Waals surface area contributed by atoms with Crippen molar-refractivity contribution < 1.29 is 19.8 Å². The zero-order valence-corrected chi connectivity index (χ0v) is 10.3. The first kappa shape index (κ1) is 13.4. The van der Waals surface area contributed by atoms with E-state index in [9.17, 15) is 14.7 Å². The molecule has 0 aliphatic carbocycles. The Kier molecular flexibility index (Phi) is 4.01. The lowest BCUT2D eigenvalue weighted by atomic mass is 9.98. The molecule has 1 atom stereocenters. The van der Waals surface area contributed by atoms with Gasteiger partial charge in [-0.05, 0) is 37.6 Å². The molecule has 0 radical (unpaired) electrons. The Labute approximate surface area is 110 Å². The minimum Gasteiger partial charge on any atom is -0.506 e. The number of phenolic OH excluding ortho intramolecular Hbond substituents is 1. The van der Waals surface area contributed by atoms with Crippen LogP contribution in [-0.2, 0) is 4.79 Å². The number of nitrogens with one attached hydrogen (secondary N) is 2. The predicted molar refractivity (Wildman–Crippen MR) is 69.3 cm³/mol. The van der Waals surface area contributed by atoms with Crippen LogP contribution in [0.1, 0.15) is 23.2 Å². The first-order valence-electron chi connectivity index (χ1n) is 6.16. The molecule has 0 aromatic heterocycles. The van der Waals surface area contributed by atoms with Gasteiger partial charge in [0.1, 0.15) is 5.75 Å². The lowest BCUT2D eigenvalue weighted by molar-refractivity contribution is -0.120. The molecule has 1 aromatic rings. The van der Waals surface area contributed by atoms with Crippen LogP contribution in [0.5, 0.6) is 5.75 Å². The lowest BCUT2D eigenvalue weighted by Gasteiger charge is -2.22. The summed E-state index contributed by atoms with van der Waals surface area (Å²) >= 11 is 0. The highest BCUT2D eigenvalue weighted by molar-refractivity contribution is 5.96. The second kappa shape index (κ2) is 5.71. The quantitative estimate of drug-likeness (QED) is 0.611. The summed E-state index contributed by atoms with van der Waals surface area (Å²) < 4.78 is 0. The highest BCUT2D eigenvalue weighted by Crippen LogP contribution is 2.25. The van der Waals surface area contributed by atoms with Crippen LogP contribution in [0.4, 0.5) is 5.69 Å². The van der Waals surface area contributed by atoms with Gasteiger partial charge in [-0.2, -0.15) is 0 Å². The molecule has 4 N–H and O–H groups in total. The Hall–Kier alpha value is -2.08. The van der Waals surface area contributed by atoms with E-state index in [1.807, 2.05) is 0 Å². The molecule has 19 heavy (non-hydrogen) atoms. The maximum atomic E-state index is 12.0. The Morgan fingerprint density at radius 2 is 2.16 bits per heavy atom. The highest BCUT2D eigenvalue weighted by atomic mass is 16.4. The normalized spacial score (nSPS) is 18.8. The van der Waals surface area contributed by atoms with Gasteiger partial charge in [0, 0.05) is 6.54 Å². The summed E-state index contributed by atoms with van der Waals surface area (Å²) in [6.45, 7) is 1.51. The van der Waals surface area contributed by atoms with Gasteiger partial charge >= 0.3 is 5.97 Å². The molecule has 1 aromatic carbocycles. The number of carbonyl (C=O) groups excluding carboxylic acids is 1. The van der Waals surface area contributed by atoms with Gasteiger partial charge in [-0.1, -0.05) is 0 Å². The fraction of sp³-hybridized carbons (Fsp3) is 0.385. The molecule has 0 saturated carbocycles. The van der Waals surface area contributed by atoms with Gasteiger partial charge in [-0.15, -0.1) is 0 Å². The standard InChI is InChI=1S/C13H16N2O4/c16-11-4-3-8(13(18)19)6-10(11)15-12(17)9-2-1-5-14-7-9/h3-4,6,9,14,16H,1-2,5,7H2,(H,15,17)(H,18,19)/t9-/m0/s1. The number of hydrogen-bond acceptors (Lipinski definition) is 4. The Morgan fingerprint density at radius 1 is 1.37 bits per heavy atom. The third-order valence-corrected chi connectivity index (χ3v) is 3.17. The van der Waals surface area contributed by atoms with Crippen molar-refractivity contribution in [2.24, 2.45) is 5.92 Å². The molecule has 102 valence electrons. The SMILES string of the molecule is O=C(O)c1ccc(O)c(NC(=O)[C@H]2CCCNC2)c1. The summed E-state index contributed by atoms with van der Waals surface area (Å²) in [5, 5.41) is 24.2. The van der Waals surface area contributed by atoms with E-state index in [-0.39, 0.29) is 28.8 Å². The number of carbonyl (C=O) groups is 2. The number of carboxylic acids is 1. The van der Waals surface area contributed by atoms with Gasteiger partial charge in [-0.25, -0.2) is 4.79 Å². The number of amides is 1. The predicted octanol–water partition coefficient (Wildman–Crippen LogP) is 1.03. The van der Waals surface area contributed by atoms with E-state index < -0.39 is 5.97 Å². The Morgan fingerprint density at radius 3 is 2.79 bits per heavy atom. The van der Waals surface area contributed by atoms with E-state index in [2.05, 4.69) is 10.6 Å². The van der Waals surface area contributed by atoms with Crippen molar-refractivity contribution in [3.8, 4) is 5.75 Å². The molecule has 6 heteroatoms. The van der Waals surface area contributed by atoms with Gasteiger partial charge < -0.3 is 20.8 Å². The smallest absolute Gasteiger partial charge is 0.335 e. The van der Waals surface area contributed by atoms with Crippen molar-refractivity contribution >= 4 is 17.6 Å². The Bertz CT molecular complexity index is 495. The van der Waals surface area contributed by atoms with Crippen LogP contribution in [0.25, 0.3) is 0 Å². The van der Waals surface area contributed by atoms with E-state index in [0.29, 0.717) is 6.54 Å². The zero-order chi connectivity index (χ0) is 13.8.